The minimum absolute atomic E-state index is 0.292. The van der Waals surface area contributed by atoms with Gasteiger partial charge in [0, 0.05) is 26.0 Å². The summed E-state index contributed by atoms with van der Waals surface area (Å²) in [6.07, 6.45) is 3.68. The molecule has 100 valence electrons. The van der Waals surface area contributed by atoms with Crippen LogP contribution in [0.3, 0.4) is 0 Å². The Kier molecular flexibility index (Phi) is 4.25. The van der Waals surface area contributed by atoms with Crippen LogP contribution in [0.1, 0.15) is 30.3 Å². The second-order valence-corrected chi connectivity index (χ2v) is 4.60. The Morgan fingerprint density at radius 2 is 2.28 bits per heavy atom. The summed E-state index contributed by atoms with van der Waals surface area (Å²) in [6, 6.07) is 1.66. The van der Waals surface area contributed by atoms with Gasteiger partial charge in [-0.1, -0.05) is 0 Å². The molecule has 0 bridgehead atoms. The van der Waals surface area contributed by atoms with Crippen molar-refractivity contribution in [2.24, 2.45) is 5.92 Å². The van der Waals surface area contributed by atoms with Crippen LogP contribution in [0.25, 0.3) is 0 Å². The maximum atomic E-state index is 12.0. The van der Waals surface area contributed by atoms with E-state index in [2.05, 4.69) is 0 Å². The fraction of sp³-hybridized carbons (Fsp3) is 0.615. The zero-order chi connectivity index (χ0) is 13.0. The van der Waals surface area contributed by atoms with Crippen molar-refractivity contribution < 1.29 is 14.3 Å². The van der Waals surface area contributed by atoms with Crippen molar-refractivity contribution in [1.82, 2.24) is 4.57 Å². The van der Waals surface area contributed by atoms with Gasteiger partial charge in [-0.2, -0.15) is 0 Å². The van der Waals surface area contributed by atoms with Crippen LogP contribution in [0.5, 0.6) is 0 Å². The Labute approximate surface area is 107 Å². The molecule has 0 atom stereocenters. The summed E-state index contributed by atoms with van der Waals surface area (Å²) >= 11 is 0. The molecule has 1 fully saturated rings. The van der Waals surface area contributed by atoms with Crippen LogP contribution in [0.15, 0.2) is 12.3 Å². The van der Waals surface area contributed by atoms with Gasteiger partial charge in [-0.05, 0) is 31.7 Å². The topological polar surface area (TPSA) is 66.5 Å². The largest absolute Gasteiger partial charge is 0.461 e. The first-order chi connectivity index (χ1) is 8.70. The van der Waals surface area contributed by atoms with E-state index >= 15 is 0 Å². The van der Waals surface area contributed by atoms with Crippen LogP contribution in [0, 0.1) is 5.92 Å². The van der Waals surface area contributed by atoms with Gasteiger partial charge < -0.3 is 19.8 Å². The lowest BCUT2D eigenvalue weighted by Crippen LogP contribution is -2.22. The highest BCUT2D eigenvalue weighted by Crippen LogP contribution is 2.17. The van der Waals surface area contributed by atoms with Crippen LogP contribution >= 0.6 is 0 Å². The summed E-state index contributed by atoms with van der Waals surface area (Å²) < 4.78 is 12.4. The van der Waals surface area contributed by atoms with Crippen molar-refractivity contribution in [3.8, 4) is 0 Å². The number of carbonyl (C=O) groups is 1. The van der Waals surface area contributed by atoms with Gasteiger partial charge in [-0.15, -0.1) is 0 Å². The van der Waals surface area contributed by atoms with Crippen LogP contribution in [-0.2, 0) is 16.0 Å². The zero-order valence-corrected chi connectivity index (χ0v) is 10.7. The molecule has 1 aliphatic heterocycles. The SMILES string of the molecule is CCn1cc(N)cc1C(=O)OCC1CCOCC1. The van der Waals surface area contributed by atoms with Crippen molar-refractivity contribution >= 4 is 11.7 Å². The van der Waals surface area contributed by atoms with Gasteiger partial charge in [0.25, 0.3) is 0 Å². The normalized spacial score (nSPS) is 16.7. The number of nitrogen functional groups attached to an aromatic ring is 1. The summed E-state index contributed by atoms with van der Waals surface area (Å²) in [5.41, 5.74) is 6.81. The Morgan fingerprint density at radius 3 is 2.94 bits per heavy atom. The van der Waals surface area contributed by atoms with E-state index in [-0.39, 0.29) is 5.97 Å². The molecule has 2 heterocycles. The molecule has 1 aromatic rings. The third-order valence-corrected chi connectivity index (χ3v) is 3.26. The number of anilines is 1. The van der Waals surface area contributed by atoms with Crippen molar-refractivity contribution in [3.63, 3.8) is 0 Å². The lowest BCUT2D eigenvalue weighted by atomic mass is 10.0. The predicted octanol–water partition coefficient (Wildman–Crippen LogP) is 1.67. The second-order valence-electron chi connectivity index (χ2n) is 4.60. The highest BCUT2D eigenvalue weighted by atomic mass is 16.5. The molecule has 1 saturated heterocycles. The predicted molar refractivity (Wildman–Crippen MR) is 68.3 cm³/mol. The first-order valence-corrected chi connectivity index (χ1v) is 6.41. The van der Waals surface area contributed by atoms with Gasteiger partial charge in [-0.3, -0.25) is 0 Å². The minimum atomic E-state index is -0.292. The van der Waals surface area contributed by atoms with E-state index in [0.717, 1.165) is 26.1 Å². The van der Waals surface area contributed by atoms with E-state index in [1.165, 1.54) is 0 Å². The van der Waals surface area contributed by atoms with E-state index in [0.29, 0.717) is 30.5 Å². The molecule has 0 radical (unpaired) electrons. The van der Waals surface area contributed by atoms with Crippen molar-refractivity contribution in [3.05, 3.63) is 18.0 Å². The number of aromatic nitrogens is 1. The third-order valence-electron chi connectivity index (χ3n) is 3.26. The number of hydrogen-bond donors (Lipinski definition) is 1. The second kappa shape index (κ2) is 5.91. The molecule has 0 amide bonds. The summed E-state index contributed by atoms with van der Waals surface area (Å²) in [5.74, 6) is 0.130. The number of nitrogens with two attached hydrogens (primary N) is 1. The highest BCUT2D eigenvalue weighted by molar-refractivity contribution is 5.89. The molecule has 1 aromatic heterocycles. The first-order valence-electron chi connectivity index (χ1n) is 6.41. The van der Waals surface area contributed by atoms with Gasteiger partial charge >= 0.3 is 5.97 Å². The number of hydrogen-bond acceptors (Lipinski definition) is 4. The number of carbonyl (C=O) groups excluding carboxylic acids is 1. The molecule has 5 heteroatoms. The highest BCUT2D eigenvalue weighted by Gasteiger charge is 2.18. The van der Waals surface area contributed by atoms with E-state index in [1.807, 2.05) is 11.5 Å². The Morgan fingerprint density at radius 1 is 1.56 bits per heavy atom. The third kappa shape index (κ3) is 3.04. The number of aryl methyl sites for hydroxylation is 1. The quantitative estimate of drug-likeness (QED) is 0.828. The molecule has 1 aliphatic rings. The molecule has 0 unspecified atom stereocenters. The number of ether oxygens (including phenoxy) is 2. The molecular formula is C13H20N2O3. The van der Waals surface area contributed by atoms with Crippen molar-refractivity contribution in [2.75, 3.05) is 25.6 Å². The Balaban J connectivity index is 1.90. The lowest BCUT2D eigenvalue weighted by molar-refractivity contribution is 0.0178. The summed E-state index contributed by atoms with van der Waals surface area (Å²) in [5, 5.41) is 0. The van der Waals surface area contributed by atoms with Crippen LogP contribution in [0.2, 0.25) is 0 Å². The van der Waals surface area contributed by atoms with E-state index in [1.54, 1.807) is 12.3 Å². The number of rotatable bonds is 4. The van der Waals surface area contributed by atoms with Gasteiger partial charge in [0.2, 0.25) is 0 Å². The molecule has 0 saturated carbocycles. The van der Waals surface area contributed by atoms with E-state index in [9.17, 15) is 4.79 Å². The standard InChI is InChI=1S/C13H20N2O3/c1-2-15-8-11(14)7-12(15)13(16)18-9-10-3-5-17-6-4-10/h7-8,10H,2-6,9,14H2,1H3. The fourth-order valence-corrected chi connectivity index (χ4v) is 2.15. The number of esters is 1. The van der Waals surface area contributed by atoms with Crippen molar-refractivity contribution in [2.45, 2.75) is 26.3 Å². The van der Waals surface area contributed by atoms with Gasteiger partial charge in [-0.25, -0.2) is 4.79 Å². The molecule has 0 aliphatic carbocycles. The lowest BCUT2D eigenvalue weighted by Gasteiger charge is -2.21. The van der Waals surface area contributed by atoms with Crippen LogP contribution in [-0.4, -0.2) is 30.4 Å². The molecule has 18 heavy (non-hydrogen) atoms. The minimum Gasteiger partial charge on any atom is -0.461 e. The maximum absolute atomic E-state index is 12.0. The molecule has 2 N–H and O–H groups in total. The summed E-state index contributed by atoms with van der Waals surface area (Å²) in [7, 11) is 0. The van der Waals surface area contributed by atoms with Crippen LogP contribution < -0.4 is 5.73 Å². The number of nitrogens with zero attached hydrogens (tertiary/aromatic N) is 1. The Bertz CT molecular complexity index is 408. The summed E-state index contributed by atoms with van der Waals surface area (Å²) in [4.78, 5) is 12.0. The molecular weight excluding hydrogens is 232 g/mol. The van der Waals surface area contributed by atoms with E-state index in [4.69, 9.17) is 15.2 Å². The average molecular weight is 252 g/mol. The van der Waals surface area contributed by atoms with Gasteiger partial charge in [0.05, 0.1) is 12.3 Å². The molecule has 5 nitrogen and oxygen atoms in total. The monoisotopic (exact) mass is 252 g/mol. The van der Waals surface area contributed by atoms with Crippen LogP contribution in [0.4, 0.5) is 5.69 Å². The van der Waals surface area contributed by atoms with E-state index < -0.39 is 0 Å². The summed E-state index contributed by atoms with van der Waals surface area (Å²) in [6.45, 7) is 4.67. The molecule has 0 spiro atoms. The average Bonchev–Trinajstić information content (AvgIpc) is 2.78. The first kappa shape index (κ1) is 13.0. The smallest absolute Gasteiger partial charge is 0.355 e. The molecule has 0 aromatic carbocycles. The Hall–Kier alpha value is -1.49. The zero-order valence-electron chi connectivity index (χ0n) is 10.7. The molecule has 2 rings (SSSR count). The van der Waals surface area contributed by atoms with Gasteiger partial charge in [0.1, 0.15) is 5.69 Å². The van der Waals surface area contributed by atoms with Crippen molar-refractivity contribution in [1.29, 1.82) is 0 Å². The van der Waals surface area contributed by atoms with Gasteiger partial charge in [0.15, 0.2) is 0 Å². The fourth-order valence-electron chi connectivity index (χ4n) is 2.15. The maximum Gasteiger partial charge on any atom is 0.355 e.